The normalized spacial score (nSPS) is 17.2. The topological polar surface area (TPSA) is 35.2 Å². The first-order chi connectivity index (χ1) is 9.22. The highest BCUT2D eigenvalue weighted by atomic mass is 32.2. The van der Waals surface area contributed by atoms with E-state index in [1.54, 1.807) is 6.07 Å². The van der Waals surface area contributed by atoms with Crippen molar-refractivity contribution in [3.05, 3.63) is 53.8 Å². The van der Waals surface area contributed by atoms with Crippen LogP contribution < -0.4 is 10.5 Å². The monoisotopic (exact) mass is 275 g/mol. The fraction of sp³-hybridized carbons (Fsp3) is 0.200. The Balaban J connectivity index is 1.63. The average Bonchev–Trinajstić information content (AvgIpc) is 2.80. The van der Waals surface area contributed by atoms with Crippen molar-refractivity contribution in [3.8, 4) is 5.75 Å². The molecule has 3 rings (SSSR count). The number of benzene rings is 2. The van der Waals surface area contributed by atoms with Crippen LogP contribution in [0.15, 0.2) is 47.4 Å². The largest absolute Gasteiger partial charge is 0.490 e. The Kier molecular flexibility index (Phi) is 3.34. The van der Waals surface area contributed by atoms with Crippen molar-refractivity contribution >= 4 is 17.4 Å². The molecule has 0 aliphatic carbocycles. The Bertz CT molecular complexity index is 577. The Labute approximate surface area is 115 Å². The van der Waals surface area contributed by atoms with E-state index in [1.807, 2.05) is 17.8 Å². The number of thioether (sulfide) groups is 1. The summed E-state index contributed by atoms with van der Waals surface area (Å²) in [6, 6.07) is 12.6. The molecule has 0 spiro atoms. The van der Waals surface area contributed by atoms with Gasteiger partial charge in [-0.15, -0.1) is 11.8 Å². The van der Waals surface area contributed by atoms with E-state index in [4.69, 9.17) is 10.5 Å². The minimum absolute atomic E-state index is 0.340. The zero-order valence-corrected chi connectivity index (χ0v) is 11.1. The molecule has 0 saturated carbocycles. The number of rotatable bonds is 3. The van der Waals surface area contributed by atoms with Crippen molar-refractivity contribution in [2.45, 2.75) is 16.6 Å². The summed E-state index contributed by atoms with van der Waals surface area (Å²) in [5.41, 5.74) is 7.43. The minimum atomic E-state index is -0.340. The molecular formula is C15H14FNOS. The van der Waals surface area contributed by atoms with Gasteiger partial charge in [-0.3, -0.25) is 0 Å². The number of hydrogen-bond donors (Lipinski definition) is 1. The Morgan fingerprint density at radius 1 is 1.26 bits per heavy atom. The first-order valence-corrected chi connectivity index (χ1v) is 7.03. The molecule has 4 heteroatoms. The summed E-state index contributed by atoms with van der Waals surface area (Å²) in [6.07, 6.45) is 1.00. The predicted molar refractivity (Wildman–Crippen MR) is 76.1 cm³/mol. The molecule has 1 heterocycles. The molecule has 19 heavy (non-hydrogen) atoms. The molecule has 0 saturated heterocycles. The van der Waals surface area contributed by atoms with Crippen LogP contribution in [0.1, 0.15) is 5.56 Å². The third-order valence-corrected chi connectivity index (χ3v) is 4.40. The average molecular weight is 275 g/mol. The lowest BCUT2D eigenvalue weighted by molar-refractivity contribution is 0.319. The Morgan fingerprint density at radius 2 is 2.11 bits per heavy atom. The van der Waals surface area contributed by atoms with Gasteiger partial charge in [0, 0.05) is 16.2 Å². The summed E-state index contributed by atoms with van der Waals surface area (Å²) in [4.78, 5) is 1.32. The van der Waals surface area contributed by atoms with Crippen molar-refractivity contribution in [1.82, 2.24) is 0 Å². The number of halogens is 1. The van der Waals surface area contributed by atoms with Gasteiger partial charge in [0.1, 0.15) is 18.2 Å². The first-order valence-electron chi connectivity index (χ1n) is 6.15. The quantitative estimate of drug-likeness (QED) is 0.871. The molecule has 1 aliphatic rings. The maximum Gasteiger partial charge on any atom is 0.142 e. The number of fused-ring (bicyclic) bond motifs is 1. The van der Waals surface area contributed by atoms with E-state index in [0.29, 0.717) is 23.3 Å². The van der Waals surface area contributed by atoms with E-state index in [-0.39, 0.29) is 5.82 Å². The lowest BCUT2D eigenvalue weighted by Gasteiger charge is -2.12. The summed E-state index contributed by atoms with van der Waals surface area (Å²) in [5, 5.41) is 0.391. The maximum atomic E-state index is 12.9. The first kappa shape index (κ1) is 12.4. The third-order valence-electron chi connectivity index (χ3n) is 3.11. The molecule has 2 nitrogen and oxygen atoms in total. The molecule has 2 aromatic rings. The van der Waals surface area contributed by atoms with Crippen molar-refractivity contribution in [3.63, 3.8) is 0 Å². The second-order valence-corrected chi connectivity index (χ2v) is 5.89. The molecule has 1 aliphatic heterocycles. The summed E-state index contributed by atoms with van der Waals surface area (Å²) in [7, 11) is 0. The molecule has 2 aromatic carbocycles. The van der Waals surface area contributed by atoms with Gasteiger partial charge in [-0.2, -0.15) is 0 Å². The summed E-state index contributed by atoms with van der Waals surface area (Å²) in [5.74, 6) is 0.213. The van der Waals surface area contributed by atoms with E-state index in [1.165, 1.54) is 22.6 Å². The molecule has 98 valence electrons. The third kappa shape index (κ3) is 2.68. The summed E-state index contributed by atoms with van der Waals surface area (Å²) < 4.78 is 18.6. The molecule has 0 radical (unpaired) electrons. The van der Waals surface area contributed by atoms with Gasteiger partial charge in [-0.25, -0.2) is 4.39 Å². The van der Waals surface area contributed by atoms with Gasteiger partial charge in [0.05, 0.1) is 5.69 Å². The molecule has 2 N–H and O–H groups in total. The summed E-state index contributed by atoms with van der Waals surface area (Å²) in [6.45, 7) is 0.579. The predicted octanol–water partition coefficient (Wildman–Crippen LogP) is 3.50. The number of nitrogens with two attached hydrogens (primary N) is 1. The van der Waals surface area contributed by atoms with Crippen LogP contribution in [0.5, 0.6) is 5.75 Å². The highest BCUT2D eigenvalue weighted by Gasteiger charge is 2.22. The molecule has 1 unspecified atom stereocenters. The summed E-state index contributed by atoms with van der Waals surface area (Å²) >= 11 is 1.82. The minimum Gasteiger partial charge on any atom is -0.490 e. The molecule has 0 amide bonds. The van der Waals surface area contributed by atoms with Crippen LogP contribution in [-0.2, 0) is 6.42 Å². The van der Waals surface area contributed by atoms with Gasteiger partial charge in [-0.05, 0) is 30.2 Å². The molecule has 0 bridgehead atoms. The molecule has 0 fully saturated rings. The number of hydrogen-bond acceptors (Lipinski definition) is 3. The second-order valence-electron chi connectivity index (χ2n) is 4.54. The zero-order chi connectivity index (χ0) is 13.2. The van der Waals surface area contributed by atoms with Gasteiger partial charge in [0.2, 0.25) is 0 Å². The smallest absolute Gasteiger partial charge is 0.142 e. The van der Waals surface area contributed by atoms with Gasteiger partial charge in [-0.1, -0.05) is 18.2 Å². The van der Waals surface area contributed by atoms with Gasteiger partial charge in [0.25, 0.3) is 0 Å². The lowest BCUT2D eigenvalue weighted by Crippen LogP contribution is -2.14. The van der Waals surface area contributed by atoms with E-state index in [2.05, 4.69) is 18.2 Å². The van der Waals surface area contributed by atoms with E-state index in [9.17, 15) is 4.39 Å². The van der Waals surface area contributed by atoms with E-state index >= 15 is 0 Å². The lowest BCUT2D eigenvalue weighted by atomic mass is 10.1. The fourth-order valence-corrected chi connectivity index (χ4v) is 3.40. The van der Waals surface area contributed by atoms with E-state index in [0.717, 1.165) is 6.42 Å². The van der Waals surface area contributed by atoms with Crippen LogP contribution in [0.2, 0.25) is 0 Å². The molecular weight excluding hydrogens is 261 g/mol. The maximum absolute atomic E-state index is 12.9. The standard InChI is InChI=1S/C15H14FNOS/c16-11-5-6-14(13(17)8-11)18-9-12-7-10-3-1-2-4-15(10)19-12/h1-6,8,12H,7,9,17H2. The van der Waals surface area contributed by atoms with E-state index < -0.39 is 0 Å². The SMILES string of the molecule is Nc1cc(F)ccc1OCC1Cc2ccccc2S1. The van der Waals surface area contributed by atoms with Gasteiger partial charge in [0.15, 0.2) is 0 Å². The van der Waals surface area contributed by atoms with Gasteiger partial charge < -0.3 is 10.5 Å². The van der Waals surface area contributed by atoms with Crippen molar-refractivity contribution < 1.29 is 9.13 Å². The molecule has 1 atom stereocenters. The van der Waals surface area contributed by atoms with Crippen LogP contribution >= 0.6 is 11.8 Å². The Hall–Kier alpha value is -1.68. The van der Waals surface area contributed by atoms with Crippen LogP contribution in [0, 0.1) is 5.82 Å². The highest BCUT2D eigenvalue weighted by Crippen LogP contribution is 2.37. The Morgan fingerprint density at radius 3 is 2.89 bits per heavy atom. The number of ether oxygens (including phenoxy) is 1. The van der Waals surface area contributed by atoms with Crippen molar-refractivity contribution in [2.75, 3.05) is 12.3 Å². The van der Waals surface area contributed by atoms with Crippen LogP contribution in [0.4, 0.5) is 10.1 Å². The number of nitrogen functional groups attached to an aromatic ring is 1. The second kappa shape index (κ2) is 5.13. The van der Waals surface area contributed by atoms with Crippen LogP contribution in [0.25, 0.3) is 0 Å². The zero-order valence-electron chi connectivity index (χ0n) is 10.3. The van der Waals surface area contributed by atoms with Crippen LogP contribution in [0.3, 0.4) is 0 Å². The highest BCUT2D eigenvalue weighted by molar-refractivity contribution is 8.00. The van der Waals surface area contributed by atoms with Crippen molar-refractivity contribution in [2.24, 2.45) is 0 Å². The van der Waals surface area contributed by atoms with Crippen molar-refractivity contribution in [1.29, 1.82) is 0 Å². The molecule has 0 aromatic heterocycles. The van der Waals surface area contributed by atoms with Crippen LogP contribution in [-0.4, -0.2) is 11.9 Å². The van der Waals surface area contributed by atoms with Gasteiger partial charge >= 0.3 is 0 Å². The fourth-order valence-electron chi connectivity index (χ4n) is 2.18. The number of anilines is 1.